The summed E-state index contributed by atoms with van der Waals surface area (Å²) >= 11 is 0. The molecule has 2 aromatic carbocycles. The standard InChI is InChI=1S/C17H15NO/c1-19-16-11-9-14(10-12-16)17-8-5-13-18(17)15-6-3-2-4-7-15/h2-13H,1H3. The molecule has 0 radical (unpaired) electrons. The number of nitrogens with zero attached hydrogens (tertiary/aromatic N) is 1. The van der Waals surface area contributed by atoms with Gasteiger partial charge in [0.2, 0.25) is 0 Å². The molecule has 0 fully saturated rings. The van der Waals surface area contributed by atoms with Crippen LogP contribution in [0.2, 0.25) is 0 Å². The van der Waals surface area contributed by atoms with E-state index in [9.17, 15) is 0 Å². The van der Waals surface area contributed by atoms with Gasteiger partial charge in [-0.1, -0.05) is 18.2 Å². The predicted octanol–water partition coefficient (Wildman–Crippen LogP) is 4.15. The van der Waals surface area contributed by atoms with E-state index in [0.717, 1.165) is 5.75 Å². The van der Waals surface area contributed by atoms with Gasteiger partial charge in [0, 0.05) is 11.9 Å². The Hall–Kier alpha value is -2.48. The number of rotatable bonds is 3. The third-order valence-electron chi connectivity index (χ3n) is 3.17. The molecule has 0 bridgehead atoms. The highest BCUT2D eigenvalue weighted by atomic mass is 16.5. The maximum atomic E-state index is 5.19. The van der Waals surface area contributed by atoms with Gasteiger partial charge in [0.1, 0.15) is 5.75 Å². The molecule has 1 aromatic heterocycles. The first-order chi connectivity index (χ1) is 9.38. The first kappa shape index (κ1) is 11.6. The Morgan fingerprint density at radius 2 is 1.53 bits per heavy atom. The van der Waals surface area contributed by atoms with E-state index in [4.69, 9.17) is 4.74 Å². The van der Waals surface area contributed by atoms with Crippen molar-refractivity contribution in [3.63, 3.8) is 0 Å². The molecule has 1 heterocycles. The zero-order valence-corrected chi connectivity index (χ0v) is 10.8. The molecule has 94 valence electrons. The number of methoxy groups -OCH3 is 1. The van der Waals surface area contributed by atoms with Crippen LogP contribution < -0.4 is 4.74 Å². The van der Waals surface area contributed by atoms with Gasteiger partial charge in [-0.2, -0.15) is 0 Å². The minimum absolute atomic E-state index is 0.876. The van der Waals surface area contributed by atoms with Crippen molar-refractivity contribution < 1.29 is 4.74 Å². The molecular formula is C17H15NO. The second-order valence-corrected chi connectivity index (χ2v) is 4.33. The predicted molar refractivity (Wildman–Crippen MR) is 77.8 cm³/mol. The molecule has 0 amide bonds. The van der Waals surface area contributed by atoms with Crippen LogP contribution in [0.25, 0.3) is 16.9 Å². The Morgan fingerprint density at radius 3 is 2.21 bits per heavy atom. The highest BCUT2D eigenvalue weighted by molar-refractivity contribution is 5.63. The summed E-state index contributed by atoms with van der Waals surface area (Å²) in [6, 6.07) is 22.6. The third kappa shape index (κ3) is 2.25. The highest BCUT2D eigenvalue weighted by Gasteiger charge is 2.05. The number of aromatic nitrogens is 1. The van der Waals surface area contributed by atoms with E-state index >= 15 is 0 Å². The number of hydrogen-bond donors (Lipinski definition) is 0. The molecule has 0 saturated carbocycles. The molecule has 0 atom stereocenters. The van der Waals surface area contributed by atoms with Gasteiger partial charge in [0.05, 0.1) is 12.8 Å². The fourth-order valence-electron chi connectivity index (χ4n) is 2.19. The fourth-order valence-corrected chi connectivity index (χ4v) is 2.19. The second kappa shape index (κ2) is 5.02. The first-order valence-corrected chi connectivity index (χ1v) is 6.26. The monoisotopic (exact) mass is 249 g/mol. The largest absolute Gasteiger partial charge is 0.497 e. The number of hydrogen-bond acceptors (Lipinski definition) is 1. The fraction of sp³-hybridized carbons (Fsp3) is 0.0588. The van der Waals surface area contributed by atoms with Crippen molar-refractivity contribution in [1.82, 2.24) is 4.57 Å². The first-order valence-electron chi connectivity index (χ1n) is 6.26. The van der Waals surface area contributed by atoms with Gasteiger partial charge >= 0.3 is 0 Å². The highest BCUT2D eigenvalue weighted by Crippen LogP contribution is 2.25. The molecule has 0 N–H and O–H groups in total. The van der Waals surface area contributed by atoms with Crippen LogP contribution in [-0.2, 0) is 0 Å². The third-order valence-corrected chi connectivity index (χ3v) is 3.17. The van der Waals surface area contributed by atoms with Crippen molar-refractivity contribution in [2.75, 3.05) is 7.11 Å². The lowest BCUT2D eigenvalue weighted by Gasteiger charge is -2.10. The van der Waals surface area contributed by atoms with Crippen molar-refractivity contribution in [3.05, 3.63) is 72.9 Å². The zero-order valence-electron chi connectivity index (χ0n) is 10.8. The Morgan fingerprint density at radius 1 is 0.789 bits per heavy atom. The van der Waals surface area contributed by atoms with Gasteiger partial charge < -0.3 is 9.30 Å². The summed E-state index contributed by atoms with van der Waals surface area (Å²) in [7, 11) is 1.68. The van der Waals surface area contributed by atoms with Gasteiger partial charge in [-0.15, -0.1) is 0 Å². The molecule has 2 nitrogen and oxygen atoms in total. The van der Waals surface area contributed by atoms with Gasteiger partial charge in [0.15, 0.2) is 0 Å². The summed E-state index contributed by atoms with van der Waals surface area (Å²) in [5, 5.41) is 0. The number of ether oxygens (including phenoxy) is 1. The lowest BCUT2D eigenvalue weighted by molar-refractivity contribution is 0.415. The van der Waals surface area contributed by atoms with Gasteiger partial charge in [0.25, 0.3) is 0 Å². The van der Waals surface area contributed by atoms with E-state index in [2.05, 4.69) is 47.2 Å². The molecule has 2 heteroatoms. The summed E-state index contributed by atoms with van der Waals surface area (Å²) in [5.41, 5.74) is 3.52. The molecule has 3 aromatic rings. The molecule has 3 rings (SSSR count). The van der Waals surface area contributed by atoms with Crippen LogP contribution in [0.1, 0.15) is 0 Å². The molecule has 0 unspecified atom stereocenters. The van der Waals surface area contributed by atoms with Crippen LogP contribution in [0.5, 0.6) is 5.75 Å². The lowest BCUT2D eigenvalue weighted by atomic mass is 10.1. The van der Waals surface area contributed by atoms with Crippen molar-refractivity contribution in [3.8, 4) is 22.7 Å². The maximum absolute atomic E-state index is 5.19. The van der Waals surface area contributed by atoms with E-state index in [1.54, 1.807) is 7.11 Å². The van der Waals surface area contributed by atoms with E-state index in [-0.39, 0.29) is 0 Å². The Labute approximate surface area is 112 Å². The SMILES string of the molecule is COc1ccc(-c2cccn2-c2ccccc2)cc1. The van der Waals surface area contributed by atoms with Crippen molar-refractivity contribution in [1.29, 1.82) is 0 Å². The number of benzene rings is 2. The van der Waals surface area contributed by atoms with Crippen molar-refractivity contribution in [2.45, 2.75) is 0 Å². The molecular weight excluding hydrogens is 234 g/mol. The van der Waals surface area contributed by atoms with Crippen LogP contribution in [0, 0.1) is 0 Å². The normalized spacial score (nSPS) is 10.4. The summed E-state index contributed by atoms with van der Waals surface area (Å²) in [4.78, 5) is 0. The Balaban J connectivity index is 2.04. The lowest BCUT2D eigenvalue weighted by Crippen LogP contribution is -1.94. The topological polar surface area (TPSA) is 14.2 Å². The molecule has 19 heavy (non-hydrogen) atoms. The van der Waals surface area contributed by atoms with Crippen molar-refractivity contribution >= 4 is 0 Å². The van der Waals surface area contributed by atoms with Crippen LogP contribution in [0.3, 0.4) is 0 Å². The average Bonchev–Trinajstić information content (AvgIpc) is 2.98. The van der Waals surface area contributed by atoms with E-state index in [1.165, 1.54) is 16.9 Å². The quantitative estimate of drug-likeness (QED) is 0.680. The minimum atomic E-state index is 0.876. The van der Waals surface area contributed by atoms with Crippen LogP contribution in [-0.4, -0.2) is 11.7 Å². The van der Waals surface area contributed by atoms with Crippen LogP contribution in [0.4, 0.5) is 0 Å². The number of para-hydroxylation sites is 1. The maximum Gasteiger partial charge on any atom is 0.118 e. The molecule has 0 aliphatic carbocycles. The molecule has 0 aliphatic rings. The van der Waals surface area contributed by atoms with Gasteiger partial charge in [-0.3, -0.25) is 0 Å². The Kier molecular flexibility index (Phi) is 3.07. The smallest absolute Gasteiger partial charge is 0.118 e. The summed E-state index contributed by atoms with van der Waals surface area (Å²) in [5.74, 6) is 0.876. The zero-order chi connectivity index (χ0) is 13.1. The second-order valence-electron chi connectivity index (χ2n) is 4.33. The molecule has 0 aliphatic heterocycles. The van der Waals surface area contributed by atoms with Crippen LogP contribution in [0.15, 0.2) is 72.9 Å². The molecule has 0 saturated heterocycles. The van der Waals surface area contributed by atoms with E-state index in [0.29, 0.717) is 0 Å². The Bertz CT molecular complexity index is 653. The summed E-state index contributed by atoms with van der Waals surface area (Å²) < 4.78 is 7.38. The molecule has 0 spiro atoms. The average molecular weight is 249 g/mol. The van der Waals surface area contributed by atoms with Gasteiger partial charge in [-0.25, -0.2) is 0 Å². The summed E-state index contributed by atoms with van der Waals surface area (Å²) in [6.45, 7) is 0. The van der Waals surface area contributed by atoms with E-state index in [1.807, 2.05) is 30.3 Å². The minimum Gasteiger partial charge on any atom is -0.497 e. The summed E-state index contributed by atoms with van der Waals surface area (Å²) in [6.07, 6.45) is 2.08. The van der Waals surface area contributed by atoms with Gasteiger partial charge in [-0.05, 0) is 54.1 Å². The van der Waals surface area contributed by atoms with E-state index < -0.39 is 0 Å². The van der Waals surface area contributed by atoms with Crippen LogP contribution >= 0.6 is 0 Å². The van der Waals surface area contributed by atoms with Crippen molar-refractivity contribution in [2.24, 2.45) is 0 Å².